The molecule has 1 amide bonds. The molecule has 0 spiro atoms. The van der Waals surface area contributed by atoms with Crippen molar-refractivity contribution in [1.82, 2.24) is 19.4 Å². The van der Waals surface area contributed by atoms with Crippen molar-refractivity contribution in [3.8, 4) is 11.4 Å². The lowest BCUT2D eigenvalue weighted by Crippen LogP contribution is -2.32. The molecule has 2 heterocycles. The number of pyridine rings is 1. The van der Waals surface area contributed by atoms with Crippen molar-refractivity contribution >= 4 is 17.1 Å². The van der Waals surface area contributed by atoms with E-state index in [-0.39, 0.29) is 18.1 Å². The Balaban J connectivity index is 1.54. The van der Waals surface area contributed by atoms with Crippen LogP contribution in [-0.2, 0) is 17.9 Å². The summed E-state index contributed by atoms with van der Waals surface area (Å²) in [5.74, 6) is 0.544. The second-order valence-electron chi connectivity index (χ2n) is 6.74. The SMILES string of the molecule is CCOc1ccc(CNC(=O)Cn2c(=O)n(-c3ccccc3)c3ncccc32)cc1. The van der Waals surface area contributed by atoms with Crippen LogP contribution in [0.1, 0.15) is 12.5 Å². The van der Waals surface area contributed by atoms with E-state index in [0.717, 1.165) is 11.3 Å². The Morgan fingerprint density at radius 3 is 2.53 bits per heavy atom. The smallest absolute Gasteiger partial charge is 0.335 e. The van der Waals surface area contributed by atoms with Crippen LogP contribution in [0.15, 0.2) is 77.7 Å². The van der Waals surface area contributed by atoms with E-state index < -0.39 is 0 Å². The van der Waals surface area contributed by atoms with Crippen LogP contribution >= 0.6 is 0 Å². The summed E-state index contributed by atoms with van der Waals surface area (Å²) in [4.78, 5) is 30.0. The molecule has 7 nitrogen and oxygen atoms in total. The van der Waals surface area contributed by atoms with Crippen molar-refractivity contribution in [3.05, 3.63) is 89.0 Å². The molecule has 0 radical (unpaired) electrons. The molecule has 2 aromatic carbocycles. The Morgan fingerprint density at radius 2 is 1.80 bits per heavy atom. The standard InChI is InChI=1S/C23H22N4O3/c1-2-30-19-12-10-17(11-13-19)15-25-21(28)16-26-20-9-6-14-24-22(20)27(23(26)29)18-7-4-3-5-8-18/h3-14H,2,15-16H2,1H3,(H,25,28). The van der Waals surface area contributed by atoms with E-state index in [1.54, 1.807) is 18.3 Å². The Bertz CT molecular complexity index is 1210. The molecule has 30 heavy (non-hydrogen) atoms. The largest absolute Gasteiger partial charge is 0.494 e. The summed E-state index contributed by atoms with van der Waals surface area (Å²) < 4.78 is 8.39. The Labute approximate surface area is 173 Å². The fourth-order valence-electron chi connectivity index (χ4n) is 3.32. The number of ether oxygens (including phenoxy) is 1. The van der Waals surface area contributed by atoms with E-state index in [4.69, 9.17) is 4.74 Å². The van der Waals surface area contributed by atoms with E-state index in [9.17, 15) is 9.59 Å². The van der Waals surface area contributed by atoms with Crippen molar-refractivity contribution in [3.63, 3.8) is 0 Å². The average Bonchev–Trinajstić information content (AvgIpc) is 3.05. The van der Waals surface area contributed by atoms with Gasteiger partial charge in [0, 0.05) is 12.7 Å². The topological polar surface area (TPSA) is 78.1 Å². The van der Waals surface area contributed by atoms with E-state index >= 15 is 0 Å². The molecule has 4 aromatic rings. The zero-order valence-corrected chi connectivity index (χ0v) is 16.6. The van der Waals surface area contributed by atoms with Gasteiger partial charge in [-0.1, -0.05) is 30.3 Å². The molecule has 4 rings (SSSR count). The first-order chi connectivity index (χ1) is 14.7. The van der Waals surface area contributed by atoms with Crippen molar-refractivity contribution in [2.75, 3.05) is 6.61 Å². The molecule has 0 aliphatic heterocycles. The third-order valence-electron chi connectivity index (χ3n) is 4.73. The lowest BCUT2D eigenvalue weighted by molar-refractivity contribution is -0.121. The van der Waals surface area contributed by atoms with Gasteiger partial charge in [-0.15, -0.1) is 0 Å². The number of hydrogen-bond acceptors (Lipinski definition) is 4. The number of carbonyl (C=O) groups is 1. The van der Waals surface area contributed by atoms with Crippen LogP contribution in [0.2, 0.25) is 0 Å². The number of para-hydroxylation sites is 1. The van der Waals surface area contributed by atoms with E-state index in [0.29, 0.717) is 30.0 Å². The van der Waals surface area contributed by atoms with Gasteiger partial charge in [-0.25, -0.2) is 14.3 Å². The molecule has 152 valence electrons. The number of fused-ring (bicyclic) bond motifs is 1. The second-order valence-corrected chi connectivity index (χ2v) is 6.74. The lowest BCUT2D eigenvalue weighted by atomic mass is 10.2. The summed E-state index contributed by atoms with van der Waals surface area (Å²) in [5, 5.41) is 2.87. The summed E-state index contributed by atoms with van der Waals surface area (Å²) >= 11 is 0. The van der Waals surface area contributed by atoms with Gasteiger partial charge in [0.2, 0.25) is 5.91 Å². The second kappa shape index (κ2) is 8.65. The molecule has 0 saturated heterocycles. The Kier molecular flexibility index (Phi) is 5.61. The quantitative estimate of drug-likeness (QED) is 0.516. The summed E-state index contributed by atoms with van der Waals surface area (Å²) in [6.07, 6.45) is 1.64. The maximum atomic E-state index is 13.1. The molecule has 0 saturated carbocycles. The van der Waals surface area contributed by atoms with Crippen LogP contribution in [-0.4, -0.2) is 26.6 Å². The number of hydrogen-bond donors (Lipinski definition) is 1. The predicted molar refractivity (Wildman–Crippen MR) is 115 cm³/mol. The van der Waals surface area contributed by atoms with Crippen molar-refractivity contribution in [2.24, 2.45) is 0 Å². The number of nitrogens with zero attached hydrogens (tertiary/aromatic N) is 3. The van der Waals surface area contributed by atoms with Crippen LogP contribution in [0.3, 0.4) is 0 Å². The first kappa shape index (κ1) is 19.4. The monoisotopic (exact) mass is 402 g/mol. The number of benzene rings is 2. The molecule has 1 N–H and O–H groups in total. The van der Waals surface area contributed by atoms with E-state index in [1.807, 2.05) is 61.5 Å². The highest BCUT2D eigenvalue weighted by molar-refractivity contribution is 5.80. The molecule has 2 aromatic heterocycles. The molecule has 0 aliphatic rings. The number of aromatic nitrogens is 3. The number of imidazole rings is 1. The number of nitrogens with one attached hydrogen (secondary N) is 1. The first-order valence-corrected chi connectivity index (χ1v) is 9.77. The normalized spacial score (nSPS) is 10.8. The fourth-order valence-corrected chi connectivity index (χ4v) is 3.32. The Morgan fingerprint density at radius 1 is 1.03 bits per heavy atom. The van der Waals surface area contributed by atoms with Gasteiger partial charge in [0.25, 0.3) is 0 Å². The minimum Gasteiger partial charge on any atom is -0.494 e. The van der Waals surface area contributed by atoms with Crippen molar-refractivity contribution in [2.45, 2.75) is 20.0 Å². The highest BCUT2D eigenvalue weighted by Gasteiger charge is 2.17. The summed E-state index contributed by atoms with van der Waals surface area (Å²) in [7, 11) is 0. The number of amides is 1. The van der Waals surface area contributed by atoms with Crippen LogP contribution in [0.4, 0.5) is 0 Å². The molecule has 0 atom stereocenters. The maximum Gasteiger partial charge on any atom is 0.335 e. The number of rotatable bonds is 7. The molecule has 0 unspecified atom stereocenters. The predicted octanol–water partition coefficient (Wildman–Crippen LogP) is 2.90. The van der Waals surface area contributed by atoms with Crippen LogP contribution in [0.5, 0.6) is 5.75 Å². The minimum absolute atomic E-state index is 0.0854. The zero-order chi connectivity index (χ0) is 20.9. The van der Waals surface area contributed by atoms with Gasteiger partial charge in [-0.2, -0.15) is 0 Å². The molecular formula is C23H22N4O3. The van der Waals surface area contributed by atoms with Crippen LogP contribution in [0.25, 0.3) is 16.9 Å². The maximum absolute atomic E-state index is 13.1. The summed E-state index contributed by atoms with van der Waals surface area (Å²) in [6.45, 7) is 2.82. The summed E-state index contributed by atoms with van der Waals surface area (Å²) in [5.41, 5.74) is 2.49. The highest BCUT2D eigenvalue weighted by Crippen LogP contribution is 2.15. The van der Waals surface area contributed by atoms with Gasteiger partial charge in [0.1, 0.15) is 12.3 Å². The van der Waals surface area contributed by atoms with Gasteiger partial charge in [-0.05, 0) is 48.9 Å². The number of carbonyl (C=O) groups excluding carboxylic acids is 1. The van der Waals surface area contributed by atoms with Gasteiger partial charge in [-0.3, -0.25) is 9.36 Å². The summed E-state index contributed by atoms with van der Waals surface area (Å²) in [6, 6.07) is 20.4. The molecular weight excluding hydrogens is 380 g/mol. The molecule has 0 aliphatic carbocycles. The van der Waals surface area contributed by atoms with Crippen LogP contribution in [0, 0.1) is 0 Å². The third kappa shape index (κ3) is 3.96. The first-order valence-electron chi connectivity index (χ1n) is 9.77. The fraction of sp³-hybridized carbons (Fsp3) is 0.174. The van der Waals surface area contributed by atoms with E-state index in [2.05, 4.69) is 10.3 Å². The lowest BCUT2D eigenvalue weighted by Gasteiger charge is -2.08. The molecule has 0 fully saturated rings. The van der Waals surface area contributed by atoms with E-state index in [1.165, 1.54) is 9.13 Å². The average molecular weight is 402 g/mol. The van der Waals surface area contributed by atoms with Gasteiger partial charge in [0.15, 0.2) is 5.65 Å². The highest BCUT2D eigenvalue weighted by atomic mass is 16.5. The van der Waals surface area contributed by atoms with Gasteiger partial charge >= 0.3 is 5.69 Å². The van der Waals surface area contributed by atoms with Crippen molar-refractivity contribution in [1.29, 1.82) is 0 Å². The van der Waals surface area contributed by atoms with Crippen molar-refractivity contribution < 1.29 is 9.53 Å². The third-order valence-corrected chi connectivity index (χ3v) is 4.73. The van der Waals surface area contributed by atoms with Gasteiger partial charge in [0.05, 0.1) is 17.8 Å². The van der Waals surface area contributed by atoms with Gasteiger partial charge < -0.3 is 10.1 Å². The molecule has 0 bridgehead atoms. The Hall–Kier alpha value is -3.87. The molecule has 7 heteroatoms. The van der Waals surface area contributed by atoms with Crippen LogP contribution < -0.4 is 15.7 Å². The zero-order valence-electron chi connectivity index (χ0n) is 16.6. The minimum atomic E-state index is -0.300.